The molecule has 0 saturated heterocycles. The maximum absolute atomic E-state index is 6.11. The highest BCUT2D eigenvalue weighted by Gasteiger charge is 2.12. The Labute approximate surface area is 107 Å². The molecule has 1 heterocycles. The number of hydrogen-bond acceptors (Lipinski definition) is 1. The fourth-order valence-corrected chi connectivity index (χ4v) is 2.14. The predicted molar refractivity (Wildman–Crippen MR) is 72.0 cm³/mol. The van der Waals surface area contributed by atoms with Gasteiger partial charge in [-0.25, -0.2) is 4.68 Å². The van der Waals surface area contributed by atoms with Crippen LogP contribution in [0.3, 0.4) is 0 Å². The van der Waals surface area contributed by atoms with Gasteiger partial charge in [-0.1, -0.05) is 6.07 Å². The summed E-state index contributed by atoms with van der Waals surface area (Å²) in [6.07, 6.45) is 1.85. The predicted octanol–water partition coefficient (Wildman–Crippen LogP) is 4.10. The molecule has 17 heavy (non-hydrogen) atoms. The molecule has 0 saturated carbocycles. The Hall–Kier alpha value is -1.28. The lowest BCUT2D eigenvalue weighted by molar-refractivity contribution is 0.841. The summed E-state index contributed by atoms with van der Waals surface area (Å²) < 4.78 is 1.95. The number of aryl methyl sites for hydroxylation is 2. The lowest BCUT2D eigenvalue weighted by Crippen LogP contribution is -2.00. The molecule has 90 valence electrons. The summed E-state index contributed by atoms with van der Waals surface area (Å²) in [5, 5.41) is 4.41. The molecule has 2 nitrogen and oxygen atoms in total. The van der Waals surface area contributed by atoms with Crippen molar-refractivity contribution in [2.75, 3.05) is 0 Å². The summed E-state index contributed by atoms with van der Waals surface area (Å²) >= 11 is 6.11. The van der Waals surface area contributed by atoms with Crippen molar-refractivity contribution in [2.45, 2.75) is 33.1 Å². The van der Waals surface area contributed by atoms with Crippen molar-refractivity contribution >= 4 is 11.6 Å². The zero-order chi connectivity index (χ0) is 12.6. The second-order valence-electron chi connectivity index (χ2n) is 4.48. The molecule has 0 fully saturated rings. The fraction of sp³-hybridized carbons (Fsp3) is 0.357. The van der Waals surface area contributed by atoms with Gasteiger partial charge in [0, 0.05) is 11.3 Å². The summed E-state index contributed by atoms with van der Waals surface area (Å²) in [6, 6.07) is 6.36. The van der Waals surface area contributed by atoms with Gasteiger partial charge < -0.3 is 0 Å². The highest BCUT2D eigenvalue weighted by molar-refractivity contribution is 6.20. The summed E-state index contributed by atoms with van der Waals surface area (Å²) in [5.41, 5.74) is 5.86. The van der Waals surface area contributed by atoms with Crippen molar-refractivity contribution in [3.63, 3.8) is 0 Å². The molecule has 0 radical (unpaired) electrons. The number of benzene rings is 1. The van der Waals surface area contributed by atoms with Crippen molar-refractivity contribution in [3.8, 4) is 5.69 Å². The molecule has 0 bridgehead atoms. The topological polar surface area (TPSA) is 17.8 Å². The fourth-order valence-electron chi connectivity index (χ4n) is 1.93. The standard InChI is InChI=1S/C14H17ClN2/c1-9-5-6-13(7-10(9)2)17-12(4)14(8-16-17)11(3)15/h5-8,11H,1-4H3. The molecule has 0 aliphatic heterocycles. The van der Waals surface area contributed by atoms with Crippen molar-refractivity contribution in [1.82, 2.24) is 9.78 Å². The first kappa shape index (κ1) is 12.2. The zero-order valence-electron chi connectivity index (χ0n) is 10.7. The third-order valence-corrected chi connectivity index (χ3v) is 3.45. The lowest BCUT2D eigenvalue weighted by Gasteiger charge is -2.08. The Morgan fingerprint density at radius 3 is 2.41 bits per heavy atom. The maximum atomic E-state index is 6.11. The van der Waals surface area contributed by atoms with Crippen LogP contribution >= 0.6 is 11.6 Å². The largest absolute Gasteiger partial charge is 0.238 e. The normalized spacial score (nSPS) is 12.8. The van der Waals surface area contributed by atoms with Crippen LogP contribution in [0.4, 0.5) is 0 Å². The molecule has 2 rings (SSSR count). The number of aromatic nitrogens is 2. The SMILES string of the molecule is Cc1ccc(-n2ncc(C(C)Cl)c2C)cc1C. The van der Waals surface area contributed by atoms with E-state index in [0.717, 1.165) is 16.9 Å². The minimum atomic E-state index is -0.00436. The van der Waals surface area contributed by atoms with Crippen molar-refractivity contribution < 1.29 is 0 Å². The molecular formula is C14H17ClN2. The van der Waals surface area contributed by atoms with Crippen molar-refractivity contribution in [3.05, 3.63) is 46.8 Å². The summed E-state index contributed by atoms with van der Waals surface area (Å²) in [5.74, 6) is 0. The Morgan fingerprint density at radius 2 is 1.88 bits per heavy atom. The lowest BCUT2D eigenvalue weighted by atomic mass is 10.1. The van der Waals surface area contributed by atoms with Gasteiger partial charge in [0.05, 0.1) is 17.3 Å². The van der Waals surface area contributed by atoms with E-state index in [9.17, 15) is 0 Å². The molecule has 1 aromatic carbocycles. The van der Waals surface area contributed by atoms with E-state index in [2.05, 4.69) is 44.1 Å². The van der Waals surface area contributed by atoms with Crippen LogP contribution in [0, 0.1) is 20.8 Å². The molecular weight excluding hydrogens is 232 g/mol. The summed E-state index contributed by atoms with van der Waals surface area (Å²) in [7, 11) is 0. The van der Waals surface area contributed by atoms with Gasteiger partial charge >= 0.3 is 0 Å². The average Bonchev–Trinajstić information content (AvgIpc) is 2.64. The summed E-state index contributed by atoms with van der Waals surface area (Å²) in [4.78, 5) is 0. The Kier molecular flexibility index (Phi) is 3.25. The van der Waals surface area contributed by atoms with Gasteiger partial charge in [0.25, 0.3) is 0 Å². The molecule has 0 amide bonds. The van der Waals surface area contributed by atoms with Crippen LogP contribution < -0.4 is 0 Å². The van der Waals surface area contributed by atoms with E-state index >= 15 is 0 Å². The van der Waals surface area contributed by atoms with Gasteiger partial charge in [0.1, 0.15) is 0 Å². The van der Waals surface area contributed by atoms with Gasteiger partial charge in [-0.2, -0.15) is 5.10 Å². The van der Waals surface area contributed by atoms with Gasteiger partial charge in [-0.15, -0.1) is 11.6 Å². The van der Waals surface area contributed by atoms with Crippen molar-refractivity contribution in [2.24, 2.45) is 0 Å². The second kappa shape index (κ2) is 4.53. The van der Waals surface area contributed by atoms with Crippen LogP contribution in [0.25, 0.3) is 5.69 Å². The molecule has 1 atom stereocenters. The first-order valence-electron chi connectivity index (χ1n) is 5.77. The van der Waals surface area contributed by atoms with E-state index < -0.39 is 0 Å². The van der Waals surface area contributed by atoms with E-state index in [4.69, 9.17) is 11.6 Å². The maximum Gasteiger partial charge on any atom is 0.0651 e. The van der Waals surface area contributed by atoms with Gasteiger partial charge in [0.2, 0.25) is 0 Å². The Morgan fingerprint density at radius 1 is 1.18 bits per heavy atom. The number of rotatable bonds is 2. The minimum Gasteiger partial charge on any atom is -0.238 e. The van der Waals surface area contributed by atoms with E-state index in [1.165, 1.54) is 11.1 Å². The van der Waals surface area contributed by atoms with Gasteiger partial charge in [0.15, 0.2) is 0 Å². The number of alkyl halides is 1. The van der Waals surface area contributed by atoms with Crippen LogP contribution in [0.2, 0.25) is 0 Å². The van der Waals surface area contributed by atoms with E-state index in [1.54, 1.807) is 0 Å². The Bertz CT molecular complexity index is 541. The smallest absolute Gasteiger partial charge is 0.0651 e. The summed E-state index contributed by atoms with van der Waals surface area (Å²) in [6.45, 7) is 8.25. The third kappa shape index (κ3) is 2.22. The van der Waals surface area contributed by atoms with Crippen LogP contribution in [-0.4, -0.2) is 9.78 Å². The number of halogens is 1. The molecule has 3 heteroatoms. The van der Waals surface area contributed by atoms with Crippen LogP contribution in [0.1, 0.15) is 34.7 Å². The van der Waals surface area contributed by atoms with E-state index in [-0.39, 0.29) is 5.38 Å². The van der Waals surface area contributed by atoms with E-state index in [1.807, 2.05) is 17.8 Å². The van der Waals surface area contributed by atoms with Crippen molar-refractivity contribution in [1.29, 1.82) is 0 Å². The third-order valence-electron chi connectivity index (χ3n) is 3.21. The van der Waals surface area contributed by atoms with E-state index in [0.29, 0.717) is 0 Å². The second-order valence-corrected chi connectivity index (χ2v) is 5.14. The first-order valence-corrected chi connectivity index (χ1v) is 6.20. The first-order chi connectivity index (χ1) is 8.00. The highest BCUT2D eigenvalue weighted by Crippen LogP contribution is 2.25. The zero-order valence-corrected chi connectivity index (χ0v) is 11.4. The molecule has 2 aromatic rings. The van der Waals surface area contributed by atoms with Crippen LogP contribution in [-0.2, 0) is 0 Å². The molecule has 0 aliphatic carbocycles. The molecule has 0 aliphatic rings. The minimum absolute atomic E-state index is 0.00436. The Balaban J connectivity index is 2.50. The molecule has 1 aromatic heterocycles. The molecule has 0 spiro atoms. The van der Waals surface area contributed by atoms with Crippen LogP contribution in [0.5, 0.6) is 0 Å². The molecule has 0 N–H and O–H groups in total. The highest BCUT2D eigenvalue weighted by atomic mass is 35.5. The molecule has 1 unspecified atom stereocenters. The monoisotopic (exact) mass is 248 g/mol. The van der Waals surface area contributed by atoms with Gasteiger partial charge in [-0.3, -0.25) is 0 Å². The van der Waals surface area contributed by atoms with Gasteiger partial charge in [-0.05, 0) is 51.0 Å². The van der Waals surface area contributed by atoms with Crippen LogP contribution in [0.15, 0.2) is 24.4 Å². The quantitative estimate of drug-likeness (QED) is 0.732. The number of nitrogens with zero attached hydrogens (tertiary/aromatic N) is 2. The average molecular weight is 249 g/mol. The number of hydrogen-bond donors (Lipinski definition) is 0.